The molecular formula is C21H25N5O4. The van der Waals surface area contributed by atoms with Crippen LogP contribution in [0.4, 0.5) is 0 Å². The Balaban J connectivity index is 1.70. The summed E-state index contributed by atoms with van der Waals surface area (Å²) in [4.78, 5) is 40.3. The molecule has 2 heterocycles. The van der Waals surface area contributed by atoms with E-state index in [0.29, 0.717) is 16.5 Å². The third kappa shape index (κ3) is 3.24. The van der Waals surface area contributed by atoms with Crippen molar-refractivity contribution in [2.45, 2.75) is 38.8 Å². The smallest absolute Gasteiger partial charge is 0.328 e. The van der Waals surface area contributed by atoms with E-state index >= 15 is 0 Å². The van der Waals surface area contributed by atoms with E-state index < -0.39 is 11.1 Å². The Hall–Kier alpha value is -3.20. The van der Waals surface area contributed by atoms with Crippen molar-refractivity contribution in [3.05, 3.63) is 62.6 Å². The van der Waals surface area contributed by atoms with E-state index in [0.717, 1.165) is 29.4 Å². The van der Waals surface area contributed by atoms with Crippen molar-refractivity contribution in [3.8, 4) is 0 Å². The first kappa shape index (κ1) is 20.1. The van der Waals surface area contributed by atoms with Gasteiger partial charge in [-0.15, -0.1) is 0 Å². The average molecular weight is 411 g/mol. The molecule has 1 unspecified atom stereocenters. The molecule has 3 N–H and O–H groups in total. The molecule has 30 heavy (non-hydrogen) atoms. The highest BCUT2D eigenvalue weighted by molar-refractivity contribution is 5.97. The number of benzene rings is 1. The molecule has 0 radical (unpaired) electrons. The molecule has 0 spiro atoms. The summed E-state index contributed by atoms with van der Waals surface area (Å²) in [7, 11) is 1.80. The van der Waals surface area contributed by atoms with Gasteiger partial charge in [-0.25, -0.2) is 4.79 Å². The molecule has 1 atom stereocenters. The van der Waals surface area contributed by atoms with Crippen molar-refractivity contribution in [3.63, 3.8) is 0 Å². The van der Waals surface area contributed by atoms with Crippen LogP contribution in [-0.2, 0) is 13.6 Å². The lowest BCUT2D eigenvalue weighted by atomic mass is 9.63. The predicted molar refractivity (Wildman–Crippen MR) is 111 cm³/mol. The van der Waals surface area contributed by atoms with E-state index in [1.807, 2.05) is 6.20 Å². The molecule has 1 saturated carbocycles. The Bertz CT molecular complexity index is 1210. The van der Waals surface area contributed by atoms with E-state index in [-0.39, 0.29) is 30.7 Å². The van der Waals surface area contributed by atoms with Gasteiger partial charge in [0, 0.05) is 36.3 Å². The second-order valence-electron chi connectivity index (χ2n) is 7.97. The fourth-order valence-electron chi connectivity index (χ4n) is 4.25. The summed E-state index contributed by atoms with van der Waals surface area (Å²) >= 11 is 0. The summed E-state index contributed by atoms with van der Waals surface area (Å²) < 4.78 is 2.78. The molecule has 1 aliphatic carbocycles. The third-order valence-electron chi connectivity index (χ3n) is 6.17. The summed E-state index contributed by atoms with van der Waals surface area (Å²) in [6.07, 6.45) is 6.15. The van der Waals surface area contributed by atoms with Crippen LogP contribution in [0.5, 0.6) is 0 Å². The lowest BCUT2D eigenvalue weighted by Gasteiger charge is -2.46. The highest BCUT2D eigenvalue weighted by atomic mass is 16.3. The maximum atomic E-state index is 13.1. The summed E-state index contributed by atoms with van der Waals surface area (Å²) in [5, 5.41) is 17.7. The van der Waals surface area contributed by atoms with Crippen molar-refractivity contribution < 1.29 is 9.90 Å². The first-order chi connectivity index (χ1) is 14.4. The molecule has 9 heteroatoms. The number of hydrogen-bond acceptors (Lipinski definition) is 5. The summed E-state index contributed by atoms with van der Waals surface area (Å²) in [6, 6.07) is 4.25. The van der Waals surface area contributed by atoms with Crippen LogP contribution >= 0.6 is 0 Å². The Morgan fingerprint density at radius 1 is 1.37 bits per heavy atom. The third-order valence-corrected chi connectivity index (χ3v) is 6.17. The van der Waals surface area contributed by atoms with Crippen molar-refractivity contribution in [2.24, 2.45) is 12.5 Å². The monoisotopic (exact) mass is 411 g/mol. The molecule has 3 aromatic rings. The maximum Gasteiger partial charge on any atom is 0.328 e. The molecule has 2 aromatic heterocycles. The van der Waals surface area contributed by atoms with Gasteiger partial charge in [-0.05, 0) is 38.0 Å². The first-order valence-corrected chi connectivity index (χ1v) is 10.1. The van der Waals surface area contributed by atoms with E-state index in [1.165, 1.54) is 6.07 Å². The topological polar surface area (TPSA) is 122 Å². The van der Waals surface area contributed by atoms with Gasteiger partial charge in [0.25, 0.3) is 11.5 Å². The van der Waals surface area contributed by atoms with Crippen LogP contribution < -0.4 is 16.6 Å². The van der Waals surface area contributed by atoms with Crippen LogP contribution in [0, 0.1) is 5.41 Å². The SMILES string of the molecule is CCn1c(=O)[nH]c2cc(C(=O)NC(c3cnn(C)c3)C3(CO)CCC3)ccc2c1=O. The summed E-state index contributed by atoms with van der Waals surface area (Å²) in [5.41, 5.74) is 0.173. The van der Waals surface area contributed by atoms with Crippen LogP contribution in [0.15, 0.2) is 40.2 Å². The highest BCUT2D eigenvalue weighted by Gasteiger charge is 2.45. The number of nitrogens with zero attached hydrogens (tertiary/aromatic N) is 3. The standard InChI is InChI=1S/C21H25N5O4/c1-3-26-19(29)15-6-5-13(9-16(15)23-20(26)30)18(28)24-17(14-10-22-25(2)11-14)21(12-27)7-4-8-21/h5-6,9-11,17,27H,3-4,7-8,12H2,1-2H3,(H,23,30)(H,24,28). The van der Waals surface area contributed by atoms with E-state index in [2.05, 4.69) is 15.4 Å². The number of aromatic amines is 1. The zero-order chi connectivity index (χ0) is 21.5. The Kier molecular flexibility index (Phi) is 5.07. The number of hydrogen-bond donors (Lipinski definition) is 3. The number of aryl methyl sites for hydroxylation is 1. The van der Waals surface area contributed by atoms with Gasteiger partial charge >= 0.3 is 5.69 Å². The number of aliphatic hydroxyl groups is 1. The minimum absolute atomic E-state index is 0.0333. The molecule has 9 nitrogen and oxygen atoms in total. The Morgan fingerprint density at radius 3 is 2.70 bits per heavy atom. The molecule has 1 fully saturated rings. The number of carbonyl (C=O) groups excluding carboxylic acids is 1. The van der Waals surface area contributed by atoms with Crippen molar-refractivity contribution >= 4 is 16.8 Å². The van der Waals surface area contributed by atoms with Crippen molar-refractivity contribution in [2.75, 3.05) is 6.61 Å². The van der Waals surface area contributed by atoms with Gasteiger partial charge in [-0.3, -0.25) is 18.8 Å². The lowest BCUT2D eigenvalue weighted by molar-refractivity contribution is 0.00598. The van der Waals surface area contributed by atoms with Crippen LogP contribution in [0.2, 0.25) is 0 Å². The number of fused-ring (bicyclic) bond motifs is 1. The van der Waals surface area contributed by atoms with Crippen LogP contribution in [0.1, 0.15) is 48.1 Å². The number of aliphatic hydroxyl groups excluding tert-OH is 1. The predicted octanol–water partition coefficient (Wildman–Crippen LogP) is 1.08. The first-order valence-electron chi connectivity index (χ1n) is 10.1. The molecule has 1 amide bonds. The number of H-pyrrole nitrogens is 1. The largest absolute Gasteiger partial charge is 0.396 e. The molecule has 1 aliphatic rings. The second kappa shape index (κ2) is 7.56. The van der Waals surface area contributed by atoms with Gasteiger partial charge < -0.3 is 15.4 Å². The van der Waals surface area contributed by atoms with E-state index in [9.17, 15) is 19.5 Å². The minimum atomic E-state index is -0.505. The molecule has 0 saturated heterocycles. The average Bonchev–Trinajstić information content (AvgIpc) is 3.12. The molecule has 4 rings (SSSR count). The normalized spacial score (nSPS) is 16.2. The molecule has 0 bridgehead atoms. The zero-order valence-electron chi connectivity index (χ0n) is 17.0. The number of carbonyl (C=O) groups is 1. The van der Waals surface area contributed by atoms with Crippen molar-refractivity contribution in [1.29, 1.82) is 0 Å². The highest BCUT2D eigenvalue weighted by Crippen LogP contribution is 2.49. The molecular weight excluding hydrogens is 386 g/mol. The maximum absolute atomic E-state index is 13.1. The van der Waals surface area contributed by atoms with Gasteiger partial charge in [0.15, 0.2) is 0 Å². The molecule has 158 valence electrons. The number of nitrogens with one attached hydrogen (secondary N) is 2. The Labute approximate surface area is 172 Å². The van der Waals surface area contributed by atoms with Gasteiger partial charge in [0.05, 0.1) is 29.7 Å². The quantitative estimate of drug-likeness (QED) is 0.560. The van der Waals surface area contributed by atoms with E-state index in [1.54, 1.807) is 37.0 Å². The van der Waals surface area contributed by atoms with Gasteiger partial charge in [-0.2, -0.15) is 5.10 Å². The fraction of sp³-hybridized carbons (Fsp3) is 0.429. The lowest BCUT2D eigenvalue weighted by Crippen LogP contribution is -2.47. The van der Waals surface area contributed by atoms with Gasteiger partial charge in [0.1, 0.15) is 0 Å². The zero-order valence-corrected chi connectivity index (χ0v) is 17.0. The summed E-state index contributed by atoms with van der Waals surface area (Å²) in [5.74, 6) is -0.342. The van der Waals surface area contributed by atoms with E-state index in [4.69, 9.17) is 0 Å². The minimum Gasteiger partial charge on any atom is -0.396 e. The fourth-order valence-corrected chi connectivity index (χ4v) is 4.25. The second-order valence-corrected chi connectivity index (χ2v) is 7.97. The molecule has 1 aromatic carbocycles. The van der Waals surface area contributed by atoms with Crippen LogP contribution in [-0.4, -0.2) is 37.0 Å². The summed E-state index contributed by atoms with van der Waals surface area (Å²) in [6.45, 7) is 1.96. The van der Waals surface area contributed by atoms with Crippen molar-refractivity contribution in [1.82, 2.24) is 24.6 Å². The van der Waals surface area contributed by atoms with Gasteiger partial charge in [0.2, 0.25) is 0 Å². The Morgan fingerprint density at radius 2 is 2.13 bits per heavy atom. The molecule has 0 aliphatic heterocycles. The van der Waals surface area contributed by atoms with Crippen LogP contribution in [0.3, 0.4) is 0 Å². The number of amides is 1. The number of aromatic nitrogens is 4. The number of rotatable bonds is 6. The van der Waals surface area contributed by atoms with Gasteiger partial charge in [-0.1, -0.05) is 6.42 Å². The van der Waals surface area contributed by atoms with Crippen LogP contribution in [0.25, 0.3) is 10.9 Å².